The second kappa shape index (κ2) is 6.74. The number of hydrazine groups is 1. The second-order valence-electron chi connectivity index (χ2n) is 4.32. The van der Waals surface area contributed by atoms with Crippen LogP contribution in [-0.2, 0) is 6.42 Å². The highest BCUT2D eigenvalue weighted by molar-refractivity contribution is 6.33. The Kier molecular flexibility index (Phi) is 5.24. The van der Waals surface area contributed by atoms with E-state index >= 15 is 0 Å². The zero-order chi connectivity index (χ0) is 14.7. The minimum absolute atomic E-state index is 0.308. The molecule has 6 heteroatoms. The number of hydrogen-bond donors (Lipinski definition) is 2. The first-order chi connectivity index (χ1) is 9.51. The highest BCUT2D eigenvalue weighted by Crippen LogP contribution is 2.29. The summed E-state index contributed by atoms with van der Waals surface area (Å²) in [6, 6.07) is 9.09. The van der Waals surface area contributed by atoms with Crippen LogP contribution in [0.2, 0.25) is 15.1 Å². The Bertz CT molecular complexity index is 619. The summed E-state index contributed by atoms with van der Waals surface area (Å²) in [5.41, 5.74) is 3.79. The van der Waals surface area contributed by atoms with Crippen molar-refractivity contribution in [3.63, 3.8) is 0 Å². The van der Waals surface area contributed by atoms with Gasteiger partial charge in [0.15, 0.2) is 0 Å². The van der Waals surface area contributed by atoms with Crippen molar-refractivity contribution < 1.29 is 4.39 Å². The van der Waals surface area contributed by atoms with E-state index in [0.29, 0.717) is 32.6 Å². The Morgan fingerprint density at radius 2 is 1.70 bits per heavy atom. The summed E-state index contributed by atoms with van der Waals surface area (Å²) in [5.74, 6) is 5.21. The van der Waals surface area contributed by atoms with Gasteiger partial charge in [0.25, 0.3) is 0 Å². The van der Waals surface area contributed by atoms with E-state index in [-0.39, 0.29) is 11.9 Å². The van der Waals surface area contributed by atoms with E-state index in [9.17, 15) is 4.39 Å². The van der Waals surface area contributed by atoms with Crippen LogP contribution < -0.4 is 11.3 Å². The molecule has 0 spiro atoms. The van der Waals surface area contributed by atoms with Gasteiger partial charge in [-0.25, -0.2) is 4.39 Å². The molecule has 2 rings (SSSR count). The number of nitrogens with two attached hydrogens (primary N) is 1. The summed E-state index contributed by atoms with van der Waals surface area (Å²) < 4.78 is 13.8. The third kappa shape index (κ3) is 3.62. The fourth-order valence-electron chi connectivity index (χ4n) is 1.96. The lowest BCUT2D eigenvalue weighted by Gasteiger charge is -2.18. The van der Waals surface area contributed by atoms with E-state index in [1.165, 1.54) is 12.1 Å². The van der Waals surface area contributed by atoms with Gasteiger partial charge < -0.3 is 0 Å². The van der Waals surface area contributed by atoms with Crippen molar-refractivity contribution in [1.82, 2.24) is 5.43 Å². The lowest BCUT2D eigenvalue weighted by molar-refractivity contribution is 0.529. The molecule has 0 heterocycles. The van der Waals surface area contributed by atoms with Crippen LogP contribution >= 0.6 is 34.8 Å². The minimum atomic E-state index is -0.367. The topological polar surface area (TPSA) is 38.0 Å². The molecule has 3 N–H and O–H groups in total. The van der Waals surface area contributed by atoms with Crippen LogP contribution in [0.3, 0.4) is 0 Å². The molecule has 1 unspecified atom stereocenters. The van der Waals surface area contributed by atoms with Crippen LogP contribution in [0.1, 0.15) is 17.2 Å². The van der Waals surface area contributed by atoms with Gasteiger partial charge in [-0.3, -0.25) is 11.3 Å². The van der Waals surface area contributed by atoms with Crippen molar-refractivity contribution in [2.45, 2.75) is 12.5 Å². The lowest BCUT2D eigenvalue weighted by atomic mass is 9.99. The largest absolute Gasteiger partial charge is 0.271 e. The third-order valence-electron chi connectivity index (χ3n) is 2.97. The van der Waals surface area contributed by atoms with Crippen LogP contribution in [0.5, 0.6) is 0 Å². The molecule has 0 amide bonds. The van der Waals surface area contributed by atoms with Gasteiger partial charge >= 0.3 is 0 Å². The van der Waals surface area contributed by atoms with E-state index in [1.54, 1.807) is 24.3 Å². The molecule has 2 aromatic carbocycles. The molecule has 106 valence electrons. The van der Waals surface area contributed by atoms with Crippen molar-refractivity contribution >= 4 is 34.8 Å². The summed E-state index contributed by atoms with van der Waals surface area (Å²) in [4.78, 5) is 0. The van der Waals surface area contributed by atoms with Crippen molar-refractivity contribution in [2.75, 3.05) is 0 Å². The fourth-order valence-corrected chi connectivity index (χ4v) is 2.58. The van der Waals surface area contributed by atoms with E-state index in [0.717, 1.165) is 0 Å². The van der Waals surface area contributed by atoms with Crippen molar-refractivity contribution in [3.8, 4) is 0 Å². The predicted molar refractivity (Wildman–Crippen MR) is 81.6 cm³/mol. The molecule has 0 bridgehead atoms. The van der Waals surface area contributed by atoms with E-state index in [1.807, 2.05) is 0 Å². The molecule has 2 nitrogen and oxygen atoms in total. The summed E-state index contributed by atoms with van der Waals surface area (Å²) in [7, 11) is 0. The number of benzene rings is 2. The van der Waals surface area contributed by atoms with E-state index in [4.69, 9.17) is 40.6 Å². The van der Waals surface area contributed by atoms with Gasteiger partial charge in [0.05, 0.1) is 6.04 Å². The molecular formula is C14H12Cl3FN2. The van der Waals surface area contributed by atoms with Gasteiger partial charge in [-0.2, -0.15) is 0 Å². The molecule has 20 heavy (non-hydrogen) atoms. The molecule has 0 saturated carbocycles. The first kappa shape index (κ1) is 15.5. The van der Waals surface area contributed by atoms with Gasteiger partial charge in [-0.05, 0) is 53.9 Å². The SMILES string of the molecule is NNC(Cc1cc(Cl)ccc1F)c1cc(Cl)ccc1Cl. The normalized spacial score (nSPS) is 12.4. The van der Waals surface area contributed by atoms with E-state index < -0.39 is 0 Å². The quantitative estimate of drug-likeness (QED) is 0.637. The molecule has 1 atom stereocenters. The van der Waals surface area contributed by atoms with Crippen molar-refractivity contribution in [2.24, 2.45) is 5.84 Å². The summed E-state index contributed by atoms with van der Waals surface area (Å²) in [6.45, 7) is 0. The number of rotatable bonds is 4. The standard InChI is InChI=1S/C14H12Cl3FN2/c15-9-2-4-13(18)8(5-9)6-14(20-19)11-7-10(16)1-3-12(11)17/h1-5,7,14,20H,6,19H2. The molecule has 0 aliphatic carbocycles. The predicted octanol–water partition coefficient (Wildman–Crippen LogP) is 4.53. The second-order valence-corrected chi connectivity index (χ2v) is 5.61. The zero-order valence-electron chi connectivity index (χ0n) is 10.3. The minimum Gasteiger partial charge on any atom is -0.271 e. The van der Waals surface area contributed by atoms with Crippen LogP contribution in [-0.4, -0.2) is 0 Å². The van der Waals surface area contributed by atoms with Crippen LogP contribution in [0.25, 0.3) is 0 Å². The molecular weight excluding hydrogens is 322 g/mol. The molecule has 0 aliphatic heterocycles. The summed E-state index contributed by atoms with van der Waals surface area (Å²) in [5, 5.41) is 1.52. The first-order valence-electron chi connectivity index (χ1n) is 5.86. The molecule has 0 aromatic heterocycles. The monoisotopic (exact) mass is 332 g/mol. The molecule has 0 saturated heterocycles. The fraction of sp³-hybridized carbons (Fsp3) is 0.143. The number of halogens is 4. The average Bonchev–Trinajstić information content (AvgIpc) is 2.42. The van der Waals surface area contributed by atoms with Crippen LogP contribution in [0.15, 0.2) is 36.4 Å². The van der Waals surface area contributed by atoms with Crippen molar-refractivity contribution in [3.05, 3.63) is 68.4 Å². The summed E-state index contributed by atoms with van der Waals surface area (Å²) >= 11 is 18.0. The Morgan fingerprint density at radius 3 is 2.40 bits per heavy atom. The third-order valence-corrected chi connectivity index (χ3v) is 3.78. The van der Waals surface area contributed by atoms with E-state index in [2.05, 4.69) is 5.43 Å². The smallest absolute Gasteiger partial charge is 0.126 e. The molecule has 0 radical (unpaired) electrons. The maximum atomic E-state index is 13.8. The Balaban J connectivity index is 2.33. The van der Waals surface area contributed by atoms with Crippen LogP contribution in [0.4, 0.5) is 4.39 Å². The zero-order valence-corrected chi connectivity index (χ0v) is 12.6. The Morgan fingerprint density at radius 1 is 1.05 bits per heavy atom. The van der Waals surface area contributed by atoms with Crippen LogP contribution in [0, 0.1) is 5.82 Å². The Hall–Kier alpha value is -0.840. The number of hydrogen-bond acceptors (Lipinski definition) is 2. The molecule has 2 aromatic rings. The number of nitrogens with one attached hydrogen (secondary N) is 1. The molecule has 0 fully saturated rings. The first-order valence-corrected chi connectivity index (χ1v) is 6.99. The van der Waals surface area contributed by atoms with Gasteiger partial charge in [0.1, 0.15) is 5.82 Å². The Labute approximate surface area is 131 Å². The maximum Gasteiger partial charge on any atom is 0.126 e. The van der Waals surface area contributed by atoms with Gasteiger partial charge in [-0.15, -0.1) is 0 Å². The highest BCUT2D eigenvalue weighted by atomic mass is 35.5. The summed E-state index contributed by atoms with van der Waals surface area (Å²) in [6.07, 6.45) is 0.308. The highest BCUT2D eigenvalue weighted by Gasteiger charge is 2.17. The maximum absolute atomic E-state index is 13.8. The lowest BCUT2D eigenvalue weighted by Crippen LogP contribution is -2.30. The molecule has 0 aliphatic rings. The average molecular weight is 334 g/mol. The van der Waals surface area contributed by atoms with Gasteiger partial charge in [-0.1, -0.05) is 34.8 Å². The van der Waals surface area contributed by atoms with Gasteiger partial charge in [0, 0.05) is 15.1 Å². The van der Waals surface area contributed by atoms with Crippen molar-refractivity contribution in [1.29, 1.82) is 0 Å². The van der Waals surface area contributed by atoms with Gasteiger partial charge in [0.2, 0.25) is 0 Å².